The highest BCUT2D eigenvalue weighted by atomic mass is 16.6. The summed E-state index contributed by atoms with van der Waals surface area (Å²) >= 11 is 0. The lowest BCUT2D eigenvalue weighted by Crippen LogP contribution is -2.09. The van der Waals surface area contributed by atoms with Gasteiger partial charge in [-0.25, -0.2) is 4.79 Å². The molecule has 0 fully saturated rings. The number of hydrogen-bond donors (Lipinski definition) is 0. The van der Waals surface area contributed by atoms with Gasteiger partial charge in [0.25, 0.3) is 5.69 Å². The summed E-state index contributed by atoms with van der Waals surface area (Å²) in [6.07, 6.45) is 3.05. The first-order chi connectivity index (χ1) is 14.6. The smallest absolute Gasteiger partial charge is 0.345 e. The fourth-order valence-corrected chi connectivity index (χ4v) is 2.41. The molecule has 0 atom stereocenters. The maximum Gasteiger partial charge on any atom is 0.345 e. The van der Waals surface area contributed by atoms with E-state index in [9.17, 15) is 19.7 Å². The van der Waals surface area contributed by atoms with Gasteiger partial charge in [-0.3, -0.25) is 14.9 Å². The van der Waals surface area contributed by atoms with Crippen LogP contribution in [0.3, 0.4) is 0 Å². The summed E-state index contributed by atoms with van der Waals surface area (Å²) in [4.78, 5) is 33.9. The number of nitro benzene ring substituents is 1. The molecule has 28 heavy (non-hydrogen) atoms. The Morgan fingerprint density at radius 1 is 1.07 bits per heavy atom. The number of esters is 2. The van der Waals surface area contributed by atoms with E-state index in [4.69, 9.17) is 23.1 Å². The van der Waals surface area contributed by atoms with Crippen molar-refractivity contribution in [3.05, 3.63) is 27.8 Å². The zero-order valence-electron chi connectivity index (χ0n) is 19.0. The van der Waals surface area contributed by atoms with Gasteiger partial charge in [0.05, 0.1) is 42.0 Å². The molecule has 0 saturated carbocycles. The number of nitrogens with zero attached hydrogens (tertiary/aromatic N) is 1. The summed E-state index contributed by atoms with van der Waals surface area (Å²) in [7, 11) is -2.87. The van der Waals surface area contributed by atoms with Gasteiger partial charge in [0.1, 0.15) is 5.56 Å². The lowest BCUT2D eigenvalue weighted by molar-refractivity contribution is -0.385. The molecule has 0 unspecified atom stereocenters. The third kappa shape index (κ3) is 7.42. The van der Waals surface area contributed by atoms with Gasteiger partial charge in [-0.15, -0.1) is 0 Å². The molecule has 0 saturated heterocycles. The fourth-order valence-electron chi connectivity index (χ4n) is 2.41. The van der Waals surface area contributed by atoms with Crippen LogP contribution in [0.1, 0.15) is 60.4 Å². The molecular weight excluding hydrogens is 370 g/mol. The molecule has 9 nitrogen and oxygen atoms in total. The van der Waals surface area contributed by atoms with E-state index in [0.717, 1.165) is 25.0 Å². The van der Waals surface area contributed by atoms with Crippen LogP contribution < -0.4 is 9.47 Å². The topological polar surface area (TPSA) is 114 Å². The zero-order chi connectivity index (χ0) is 23.4. The molecule has 1 rings (SSSR count). The molecule has 1 aromatic rings. The van der Waals surface area contributed by atoms with E-state index in [1.54, 1.807) is 13.8 Å². The van der Waals surface area contributed by atoms with Crippen molar-refractivity contribution in [2.24, 2.45) is 0 Å². The Morgan fingerprint density at radius 2 is 1.79 bits per heavy atom. The Hall–Kier alpha value is -2.84. The first kappa shape index (κ1) is 18.5. The van der Waals surface area contributed by atoms with E-state index in [1.165, 1.54) is 0 Å². The van der Waals surface area contributed by atoms with Crippen LogP contribution in [0.2, 0.25) is 0 Å². The van der Waals surface area contributed by atoms with Crippen LogP contribution in [0.4, 0.5) is 5.69 Å². The van der Waals surface area contributed by atoms with E-state index in [2.05, 4.69) is 0 Å². The number of benzene rings is 1. The summed E-state index contributed by atoms with van der Waals surface area (Å²) in [5.74, 6) is -1.67. The van der Waals surface area contributed by atoms with Crippen LogP contribution in [0, 0.1) is 10.1 Å². The minimum atomic E-state index is -2.87. The molecule has 0 amide bonds. The van der Waals surface area contributed by atoms with E-state index in [0.29, 0.717) is 25.9 Å². The summed E-state index contributed by atoms with van der Waals surface area (Å²) in [5, 5.41) is 11.3. The number of ether oxygens (including phenoxy) is 4. The van der Waals surface area contributed by atoms with Crippen molar-refractivity contribution >= 4 is 17.6 Å². The third-order valence-corrected chi connectivity index (χ3v) is 3.70. The van der Waals surface area contributed by atoms with Crippen LogP contribution >= 0.6 is 0 Å². The van der Waals surface area contributed by atoms with Gasteiger partial charge in [-0.05, 0) is 26.7 Å². The second-order valence-corrected chi connectivity index (χ2v) is 5.71. The summed E-state index contributed by atoms with van der Waals surface area (Å²) in [6, 6.07) is 1.89. The molecule has 9 heteroatoms. The molecule has 0 bridgehead atoms. The van der Waals surface area contributed by atoms with Crippen molar-refractivity contribution in [3.63, 3.8) is 0 Å². The highest BCUT2D eigenvalue weighted by molar-refractivity contribution is 5.95. The average molecular weight is 400 g/mol. The Labute approximate surface area is 168 Å². The summed E-state index contributed by atoms with van der Waals surface area (Å²) in [6.45, 7) is 3.79. The predicted octanol–water partition coefficient (Wildman–Crippen LogP) is 3.67. The van der Waals surface area contributed by atoms with Crippen molar-refractivity contribution in [1.82, 2.24) is 0 Å². The number of methoxy groups -OCH3 is 1. The molecule has 1 aromatic carbocycles. The highest BCUT2D eigenvalue weighted by Crippen LogP contribution is 2.35. The van der Waals surface area contributed by atoms with E-state index < -0.39 is 23.6 Å². The van der Waals surface area contributed by atoms with Gasteiger partial charge < -0.3 is 18.9 Å². The van der Waals surface area contributed by atoms with Crippen LogP contribution in [0.25, 0.3) is 0 Å². The first-order valence-corrected chi connectivity index (χ1v) is 9.06. The van der Waals surface area contributed by atoms with Crippen LogP contribution in [0.5, 0.6) is 11.5 Å². The van der Waals surface area contributed by atoms with Gasteiger partial charge in [0.2, 0.25) is 0 Å². The van der Waals surface area contributed by atoms with Crippen molar-refractivity contribution in [1.29, 1.82) is 0 Å². The van der Waals surface area contributed by atoms with Crippen LogP contribution in [-0.2, 0) is 14.3 Å². The maximum absolute atomic E-state index is 12.1. The number of carbonyl (C=O) groups is 2. The number of nitro groups is 1. The zero-order valence-corrected chi connectivity index (χ0v) is 16.0. The van der Waals surface area contributed by atoms with Gasteiger partial charge in [0.15, 0.2) is 11.5 Å². The summed E-state index contributed by atoms with van der Waals surface area (Å²) in [5.41, 5.74) is -1.02. The molecule has 0 radical (unpaired) electrons. The second kappa shape index (κ2) is 12.5. The van der Waals surface area contributed by atoms with E-state index >= 15 is 0 Å². The van der Waals surface area contributed by atoms with Crippen molar-refractivity contribution in [2.75, 3.05) is 26.9 Å². The maximum atomic E-state index is 12.1. The quantitative estimate of drug-likeness (QED) is 0.213. The Balaban J connectivity index is 2.85. The molecule has 0 aliphatic rings. The Kier molecular flexibility index (Phi) is 8.29. The monoisotopic (exact) mass is 400 g/mol. The van der Waals surface area contributed by atoms with Gasteiger partial charge >= 0.3 is 11.9 Å². The van der Waals surface area contributed by atoms with Gasteiger partial charge in [0, 0.05) is 12.5 Å². The van der Waals surface area contributed by atoms with Crippen LogP contribution in [-0.4, -0.2) is 43.7 Å². The number of unbranched alkanes of at least 4 members (excludes halogenated alkanes) is 3. The molecule has 0 spiro atoms. The normalized spacial score (nSPS) is 12.3. The SMILES string of the molecule is [2H]C([2H])([2H])Oc1cc([N+](=O)[O-])c(C(=O)OCC)cc1OCCCCCCC(=O)OCC. The van der Waals surface area contributed by atoms with Crippen molar-refractivity contribution in [2.45, 2.75) is 46.0 Å². The van der Waals surface area contributed by atoms with Crippen molar-refractivity contribution < 1.29 is 37.6 Å². The first-order valence-electron chi connectivity index (χ1n) is 10.6. The van der Waals surface area contributed by atoms with E-state index in [-0.39, 0.29) is 36.2 Å². The number of rotatable bonds is 13. The Bertz CT molecular complexity index is 767. The summed E-state index contributed by atoms with van der Waals surface area (Å²) < 4.78 is 41.8. The predicted molar refractivity (Wildman–Crippen MR) is 101 cm³/mol. The minimum Gasteiger partial charge on any atom is -0.493 e. The largest absolute Gasteiger partial charge is 0.493 e. The molecule has 0 aliphatic heterocycles. The van der Waals surface area contributed by atoms with Gasteiger partial charge in [-0.2, -0.15) is 0 Å². The Morgan fingerprint density at radius 3 is 2.43 bits per heavy atom. The molecule has 0 aromatic heterocycles. The number of hydrogen-bond acceptors (Lipinski definition) is 8. The van der Waals surface area contributed by atoms with Crippen LogP contribution in [0.15, 0.2) is 12.1 Å². The second-order valence-electron chi connectivity index (χ2n) is 5.71. The molecule has 156 valence electrons. The molecule has 0 heterocycles. The standard InChI is InChI=1S/C19H27NO8/c1-4-26-18(21)10-8-6-7-9-11-28-17-12-14(19(22)27-5-2)15(20(23)24)13-16(17)25-3/h12-13H,4-11H2,1-3H3/i3D3. The fraction of sp³-hybridized carbons (Fsp3) is 0.579. The average Bonchev–Trinajstić information content (AvgIpc) is 2.66. The lowest BCUT2D eigenvalue weighted by atomic mass is 10.1. The molecule has 0 N–H and O–H groups in total. The van der Waals surface area contributed by atoms with E-state index in [1.807, 2.05) is 0 Å². The lowest BCUT2D eigenvalue weighted by Gasteiger charge is -2.12. The van der Waals surface area contributed by atoms with Gasteiger partial charge in [-0.1, -0.05) is 12.8 Å². The highest BCUT2D eigenvalue weighted by Gasteiger charge is 2.25. The molecular formula is C19H27NO8. The minimum absolute atomic E-state index is 0.00546. The van der Waals surface area contributed by atoms with Crippen molar-refractivity contribution in [3.8, 4) is 11.5 Å². The molecule has 0 aliphatic carbocycles. The third-order valence-electron chi connectivity index (χ3n) is 3.70. The number of carbonyl (C=O) groups excluding carboxylic acids is 2.